The molecule has 1 saturated carbocycles. The first kappa shape index (κ1) is 11.0. The number of nitrogens with one attached hydrogen (secondary N) is 1. The minimum Gasteiger partial charge on any atom is -0.321 e. The maximum Gasteiger partial charge on any atom is 0.324 e. The second-order valence-electron chi connectivity index (χ2n) is 5.20. The number of aryl methyl sites for hydroxylation is 1. The minimum atomic E-state index is 0.643. The fourth-order valence-electron chi connectivity index (χ4n) is 2.51. The zero-order chi connectivity index (χ0) is 11.7. The summed E-state index contributed by atoms with van der Waals surface area (Å²) in [6.45, 7) is 5.24. The van der Waals surface area contributed by atoms with E-state index in [1.807, 2.05) is 6.92 Å². The van der Waals surface area contributed by atoms with Crippen LogP contribution in [0, 0.1) is 12.8 Å². The number of hydrogen-bond donors (Lipinski definition) is 1. The van der Waals surface area contributed by atoms with E-state index in [1.165, 1.54) is 25.7 Å². The molecular weight excluding hydrogens is 216 g/mol. The summed E-state index contributed by atoms with van der Waals surface area (Å²) in [6, 6.07) is 1.37. The third kappa shape index (κ3) is 2.60. The Bertz CT molecular complexity index is 368. The third-order valence-electron chi connectivity index (χ3n) is 3.66. The average molecular weight is 236 g/mol. The highest BCUT2D eigenvalue weighted by atomic mass is 16.5. The lowest BCUT2D eigenvalue weighted by atomic mass is 9.97. The molecule has 0 atom stereocenters. The first-order valence-electron chi connectivity index (χ1n) is 6.60. The van der Waals surface area contributed by atoms with Crippen molar-refractivity contribution in [1.82, 2.24) is 15.5 Å². The van der Waals surface area contributed by atoms with Gasteiger partial charge in [0.1, 0.15) is 0 Å². The Labute approximate surface area is 102 Å². The van der Waals surface area contributed by atoms with Crippen molar-refractivity contribution >= 4 is 6.01 Å². The lowest BCUT2D eigenvalue weighted by Crippen LogP contribution is -2.37. The highest BCUT2D eigenvalue weighted by molar-refractivity contribution is 5.30. The van der Waals surface area contributed by atoms with Crippen LogP contribution in [0.5, 0.6) is 0 Å². The summed E-state index contributed by atoms with van der Waals surface area (Å²) in [5.74, 6) is 1.50. The van der Waals surface area contributed by atoms with Crippen LogP contribution in [-0.4, -0.2) is 35.8 Å². The van der Waals surface area contributed by atoms with Crippen molar-refractivity contribution < 1.29 is 4.52 Å². The summed E-state index contributed by atoms with van der Waals surface area (Å²) < 4.78 is 5.32. The van der Waals surface area contributed by atoms with Crippen LogP contribution in [0.2, 0.25) is 0 Å². The van der Waals surface area contributed by atoms with Crippen LogP contribution >= 0.6 is 0 Å². The van der Waals surface area contributed by atoms with Gasteiger partial charge in [-0.1, -0.05) is 5.16 Å². The van der Waals surface area contributed by atoms with E-state index in [9.17, 15) is 0 Å². The predicted molar refractivity (Wildman–Crippen MR) is 65.0 cm³/mol. The van der Waals surface area contributed by atoms with Crippen molar-refractivity contribution in [2.45, 2.75) is 38.6 Å². The molecule has 3 rings (SSSR count). The number of nitrogens with zero attached hydrogens (tertiary/aromatic N) is 3. The Morgan fingerprint density at radius 1 is 1.29 bits per heavy atom. The summed E-state index contributed by atoms with van der Waals surface area (Å²) in [4.78, 5) is 6.70. The predicted octanol–water partition coefficient (Wildman–Crippen LogP) is 1.35. The van der Waals surface area contributed by atoms with Crippen molar-refractivity contribution in [2.75, 3.05) is 24.5 Å². The van der Waals surface area contributed by atoms with Gasteiger partial charge in [0.25, 0.3) is 0 Å². The van der Waals surface area contributed by atoms with Gasteiger partial charge in [0.15, 0.2) is 5.82 Å². The molecule has 1 aromatic rings. The van der Waals surface area contributed by atoms with Crippen LogP contribution in [0.3, 0.4) is 0 Å². The average Bonchev–Trinajstić information content (AvgIpc) is 3.10. The topological polar surface area (TPSA) is 54.2 Å². The summed E-state index contributed by atoms with van der Waals surface area (Å²) in [5, 5.41) is 7.31. The van der Waals surface area contributed by atoms with Gasteiger partial charge in [-0.2, -0.15) is 4.98 Å². The molecule has 0 radical (unpaired) electrons. The Kier molecular flexibility index (Phi) is 3.01. The highest BCUT2D eigenvalue weighted by Crippen LogP contribution is 2.32. The normalized spacial score (nSPS) is 21.7. The van der Waals surface area contributed by atoms with Crippen molar-refractivity contribution in [3.63, 3.8) is 0 Å². The van der Waals surface area contributed by atoms with E-state index in [0.717, 1.165) is 37.4 Å². The molecule has 1 saturated heterocycles. The summed E-state index contributed by atoms with van der Waals surface area (Å²) in [7, 11) is 0. The summed E-state index contributed by atoms with van der Waals surface area (Å²) in [6.07, 6.45) is 5.06. The molecule has 2 heterocycles. The molecule has 0 amide bonds. The lowest BCUT2D eigenvalue weighted by Gasteiger charge is -2.28. The molecule has 0 unspecified atom stereocenters. The first-order chi connectivity index (χ1) is 8.33. The van der Waals surface area contributed by atoms with Gasteiger partial charge in [-0.3, -0.25) is 0 Å². The molecule has 2 fully saturated rings. The van der Waals surface area contributed by atoms with Crippen LogP contribution in [-0.2, 0) is 0 Å². The number of aromatic nitrogens is 2. The Balaban J connectivity index is 1.67. The summed E-state index contributed by atoms with van der Waals surface area (Å²) in [5.41, 5.74) is 0. The molecule has 1 aliphatic heterocycles. The van der Waals surface area contributed by atoms with Crippen molar-refractivity contribution in [3.05, 3.63) is 5.82 Å². The van der Waals surface area contributed by atoms with Gasteiger partial charge in [0.05, 0.1) is 0 Å². The van der Waals surface area contributed by atoms with Crippen molar-refractivity contribution in [2.24, 2.45) is 5.92 Å². The number of anilines is 1. The highest BCUT2D eigenvalue weighted by Gasteiger charge is 2.34. The fraction of sp³-hybridized carbons (Fsp3) is 0.833. The quantitative estimate of drug-likeness (QED) is 0.855. The van der Waals surface area contributed by atoms with Gasteiger partial charge in [0, 0.05) is 12.6 Å². The first-order valence-corrected chi connectivity index (χ1v) is 6.60. The van der Waals surface area contributed by atoms with Gasteiger partial charge in [0.2, 0.25) is 0 Å². The van der Waals surface area contributed by atoms with E-state index in [2.05, 4.69) is 20.4 Å². The molecule has 5 heteroatoms. The standard InChI is InChI=1S/C12H20N4O/c1-9-14-12(17-15-9)16(11-2-3-11)8-10-4-6-13-7-5-10/h10-11,13H,2-8H2,1H3. The molecule has 1 N–H and O–H groups in total. The maximum atomic E-state index is 5.32. The molecule has 0 aromatic carbocycles. The zero-order valence-electron chi connectivity index (χ0n) is 10.4. The number of piperidine rings is 1. The second-order valence-corrected chi connectivity index (χ2v) is 5.20. The van der Waals surface area contributed by atoms with Crippen molar-refractivity contribution in [3.8, 4) is 0 Å². The van der Waals surface area contributed by atoms with Crippen LogP contribution in [0.4, 0.5) is 6.01 Å². The van der Waals surface area contributed by atoms with Crippen LogP contribution in [0.25, 0.3) is 0 Å². The SMILES string of the molecule is Cc1noc(N(CC2CCNCC2)C2CC2)n1. The van der Waals surface area contributed by atoms with Crippen LogP contribution in [0.15, 0.2) is 4.52 Å². The van der Waals surface area contributed by atoms with E-state index in [0.29, 0.717) is 6.04 Å². The third-order valence-corrected chi connectivity index (χ3v) is 3.66. The van der Waals surface area contributed by atoms with E-state index in [1.54, 1.807) is 0 Å². The lowest BCUT2D eigenvalue weighted by molar-refractivity contribution is 0.352. The molecule has 5 nitrogen and oxygen atoms in total. The zero-order valence-corrected chi connectivity index (χ0v) is 10.4. The van der Waals surface area contributed by atoms with Gasteiger partial charge in [-0.15, -0.1) is 0 Å². The molecule has 1 aromatic heterocycles. The van der Waals surface area contributed by atoms with Crippen molar-refractivity contribution in [1.29, 1.82) is 0 Å². The Hall–Kier alpha value is -1.10. The van der Waals surface area contributed by atoms with E-state index in [4.69, 9.17) is 4.52 Å². The smallest absolute Gasteiger partial charge is 0.321 e. The molecule has 17 heavy (non-hydrogen) atoms. The molecule has 94 valence electrons. The molecular formula is C12H20N4O. The van der Waals surface area contributed by atoms with E-state index in [-0.39, 0.29) is 0 Å². The fourth-order valence-corrected chi connectivity index (χ4v) is 2.51. The molecule has 2 aliphatic rings. The second kappa shape index (κ2) is 4.64. The van der Waals surface area contributed by atoms with Gasteiger partial charge in [-0.25, -0.2) is 0 Å². The largest absolute Gasteiger partial charge is 0.324 e. The van der Waals surface area contributed by atoms with Gasteiger partial charge < -0.3 is 14.7 Å². The Morgan fingerprint density at radius 2 is 2.06 bits per heavy atom. The van der Waals surface area contributed by atoms with E-state index < -0.39 is 0 Å². The minimum absolute atomic E-state index is 0.643. The molecule has 1 aliphatic carbocycles. The monoisotopic (exact) mass is 236 g/mol. The number of hydrogen-bond acceptors (Lipinski definition) is 5. The van der Waals surface area contributed by atoms with Gasteiger partial charge in [-0.05, 0) is 51.6 Å². The Morgan fingerprint density at radius 3 is 2.65 bits per heavy atom. The van der Waals surface area contributed by atoms with Gasteiger partial charge >= 0.3 is 6.01 Å². The van der Waals surface area contributed by atoms with Crippen LogP contribution in [0.1, 0.15) is 31.5 Å². The van der Waals surface area contributed by atoms with Crippen LogP contribution < -0.4 is 10.2 Å². The maximum absolute atomic E-state index is 5.32. The van der Waals surface area contributed by atoms with E-state index >= 15 is 0 Å². The summed E-state index contributed by atoms with van der Waals surface area (Å²) >= 11 is 0. The number of rotatable bonds is 4. The molecule has 0 bridgehead atoms. The molecule has 0 spiro atoms.